The number of hydrogen-bond donors (Lipinski definition) is 1. The number of nitrogens with one attached hydrogen (secondary N) is 1. The van der Waals surface area contributed by atoms with Crippen LogP contribution in [-0.4, -0.2) is 20.5 Å². The number of benzene rings is 2. The first-order valence-corrected chi connectivity index (χ1v) is 11.5. The Kier molecular flexibility index (Phi) is 5.32. The number of allylic oxidation sites excluding steroid dienone is 2. The SMILES string of the molecule is Cc1ccc(C2C3=C(CCCC3=O)Nc3nc(SCc4ccc(F)cc4Cl)nn32)cc1. The number of carbonyl (C=O) groups is 1. The smallest absolute Gasteiger partial charge is 0.227 e. The molecule has 0 spiro atoms. The molecule has 5 rings (SSSR count). The Morgan fingerprint density at radius 1 is 1.23 bits per heavy atom. The Bertz CT molecular complexity index is 1200. The van der Waals surface area contributed by atoms with Crippen molar-refractivity contribution in [3.05, 3.63) is 81.3 Å². The monoisotopic (exact) mass is 454 g/mol. The summed E-state index contributed by atoms with van der Waals surface area (Å²) in [5, 5.41) is 9.02. The van der Waals surface area contributed by atoms with Crippen molar-refractivity contribution in [2.24, 2.45) is 0 Å². The average Bonchev–Trinajstić information content (AvgIpc) is 3.15. The minimum atomic E-state index is -0.360. The number of aryl methyl sites for hydroxylation is 1. The lowest BCUT2D eigenvalue weighted by molar-refractivity contribution is -0.116. The summed E-state index contributed by atoms with van der Waals surface area (Å²) in [6.45, 7) is 2.04. The molecule has 31 heavy (non-hydrogen) atoms. The Morgan fingerprint density at radius 3 is 2.81 bits per heavy atom. The van der Waals surface area contributed by atoms with E-state index in [9.17, 15) is 9.18 Å². The summed E-state index contributed by atoms with van der Waals surface area (Å²) in [5.74, 6) is 0.949. The molecule has 2 aromatic carbocycles. The van der Waals surface area contributed by atoms with Gasteiger partial charge in [-0.05, 0) is 43.0 Å². The first kappa shape index (κ1) is 20.3. The van der Waals surface area contributed by atoms with Crippen LogP contribution < -0.4 is 5.32 Å². The number of anilines is 1. The maximum Gasteiger partial charge on any atom is 0.227 e. The van der Waals surface area contributed by atoms with Crippen molar-refractivity contribution >= 4 is 35.1 Å². The molecule has 1 atom stereocenters. The molecule has 3 aromatic rings. The zero-order chi connectivity index (χ0) is 21.5. The predicted molar refractivity (Wildman–Crippen MR) is 120 cm³/mol. The number of halogens is 2. The fourth-order valence-corrected chi connectivity index (χ4v) is 5.18. The largest absolute Gasteiger partial charge is 0.328 e. The molecule has 2 heterocycles. The van der Waals surface area contributed by atoms with Crippen LogP contribution in [0.4, 0.5) is 10.3 Å². The third-order valence-electron chi connectivity index (χ3n) is 5.61. The van der Waals surface area contributed by atoms with Gasteiger partial charge in [0, 0.05) is 28.5 Å². The minimum absolute atomic E-state index is 0.160. The van der Waals surface area contributed by atoms with E-state index < -0.39 is 0 Å². The van der Waals surface area contributed by atoms with E-state index in [1.807, 2.05) is 31.2 Å². The van der Waals surface area contributed by atoms with E-state index in [1.54, 1.807) is 10.7 Å². The summed E-state index contributed by atoms with van der Waals surface area (Å²) in [6.07, 6.45) is 2.21. The molecule has 1 aromatic heterocycles. The molecule has 8 heteroatoms. The molecule has 1 unspecified atom stereocenters. The highest BCUT2D eigenvalue weighted by Crippen LogP contribution is 2.40. The molecule has 1 aliphatic heterocycles. The van der Waals surface area contributed by atoms with Gasteiger partial charge in [0.05, 0.1) is 0 Å². The van der Waals surface area contributed by atoms with E-state index in [4.69, 9.17) is 16.7 Å². The normalized spacial score (nSPS) is 17.9. The highest BCUT2D eigenvalue weighted by Gasteiger charge is 2.36. The standard InChI is InChI=1S/C23H20ClFN4OS/c1-13-5-7-14(8-6-13)21-20-18(3-2-4-19(20)30)26-22-27-23(28-29(21)22)31-12-15-9-10-16(25)11-17(15)24/h5-11,21H,2-4,12H2,1H3,(H,26,27,28). The Hall–Kier alpha value is -2.64. The highest BCUT2D eigenvalue weighted by atomic mass is 35.5. The number of carbonyl (C=O) groups excluding carboxylic acids is 1. The molecular formula is C23H20ClFN4OS. The maximum absolute atomic E-state index is 13.3. The summed E-state index contributed by atoms with van der Waals surface area (Å²) >= 11 is 7.58. The molecule has 0 bridgehead atoms. The van der Waals surface area contributed by atoms with Crippen LogP contribution >= 0.6 is 23.4 Å². The van der Waals surface area contributed by atoms with E-state index in [2.05, 4.69) is 10.3 Å². The molecule has 5 nitrogen and oxygen atoms in total. The molecule has 0 saturated carbocycles. The third-order valence-corrected chi connectivity index (χ3v) is 6.85. The maximum atomic E-state index is 13.3. The lowest BCUT2D eigenvalue weighted by Gasteiger charge is -2.32. The van der Waals surface area contributed by atoms with Crippen LogP contribution in [0.3, 0.4) is 0 Å². The van der Waals surface area contributed by atoms with Gasteiger partial charge in [-0.1, -0.05) is 59.3 Å². The predicted octanol–water partition coefficient (Wildman–Crippen LogP) is 5.69. The Labute approximate surface area is 188 Å². The zero-order valence-electron chi connectivity index (χ0n) is 16.9. The van der Waals surface area contributed by atoms with Crippen LogP contribution in [0.2, 0.25) is 5.02 Å². The van der Waals surface area contributed by atoms with Crippen LogP contribution in [0.5, 0.6) is 0 Å². The highest BCUT2D eigenvalue weighted by molar-refractivity contribution is 7.98. The molecule has 1 aliphatic carbocycles. The van der Waals surface area contributed by atoms with Gasteiger partial charge >= 0.3 is 0 Å². The number of thioether (sulfide) groups is 1. The van der Waals surface area contributed by atoms with E-state index in [-0.39, 0.29) is 17.6 Å². The molecule has 0 fully saturated rings. The van der Waals surface area contributed by atoms with Gasteiger partial charge in [0.1, 0.15) is 11.9 Å². The van der Waals surface area contributed by atoms with Crippen LogP contribution in [0, 0.1) is 12.7 Å². The molecule has 0 radical (unpaired) electrons. The van der Waals surface area contributed by atoms with Crippen LogP contribution in [0.15, 0.2) is 58.9 Å². The van der Waals surface area contributed by atoms with E-state index >= 15 is 0 Å². The molecule has 2 aliphatic rings. The second-order valence-electron chi connectivity index (χ2n) is 7.79. The van der Waals surface area contributed by atoms with Crippen LogP contribution in [0.1, 0.15) is 42.0 Å². The molecular weight excluding hydrogens is 435 g/mol. The van der Waals surface area contributed by atoms with Crippen molar-refractivity contribution in [3.8, 4) is 0 Å². The second-order valence-corrected chi connectivity index (χ2v) is 9.14. The zero-order valence-corrected chi connectivity index (χ0v) is 18.4. The molecule has 1 N–H and O–H groups in total. The van der Waals surface area contributed by atoms with Gasteiger partial charge in [-0.2, -0.15) is 4.98 Å². The van der Waals surface area contributed by atoms with Gasteiger partial charge < -0.3 is 5.32 Å². The number of rotatable bonds is 4. The number of ketones is 1. The molecule has 0 amide bonds. The number of nitrogens with zero attached hydrogens (tertiary/aromatic N) is 3. The van der Waals surface area contributed by atoms with Crippen molar-refractivity contribution in [1.82, 2.24) is 14.8 Å². The minimum Gasteiger partial charge on any atom is -0.328 e. The second kappa shape index (κ2) is 8.13. The number of aromatic nitrogens is 3. The Morgan fingerprint density at radius 2 is 2.03 bits per heavy atom. The van der Waals surface area contributed by atoms with Gasteiger partial charge in [0.2, 0.25) is 11.1 Å². The third kappa shape index (κ3) is 3.88. The van der Waals surface area contributed by atoms with Crippen LogP contribution in [0.25, 0.3) is 0 Å². The lowest BCUT2D eigenvalue weighted by Crippen LogP contribution is -2.31. The fraction of sp³-hybridized carbons (Fsp3) is 0.261. The summed E-state index contributed by atoms with van der Waals surface area (Å²) in [7, 11) is 0. The first-order chi connectivity index (χ1) is 15.0. The number of hydrogen-bond acceptors (Lipinski definition) is 5. The quantitative estimate of drug-likeness (QED) is 0.513. The summed E-state index contributed by atoms with van der Waals surface area (Å²) in [5.41, 5.74) is 4.72. The van der Waals surface area contributed by atoms with Crippen LogP contribution in [-0.2, 0) is 10.5 Å². The average molecular weight is 455 g/mol. The summed E-state index contributed by atoms with van der Waals surface area (Å²) < 4.78 is 15.1. The van der Waals surface area contributed by atoms with Crippen molar-refractivity contribution in [3.63, 3.8) is 0 Å². The van der Waals surface area contributed by atoms with Crippen molar-refractivity contribution in [2.45, 2.75) is 43.1 Å². The molecule has 0 saturated heterocycles. The van der Waals surface area contributed by atoms with Gasteiger partial charge in [-0.25, -0.2) is 9.07 Å². The summed E-state index contributed by atoms with van der Waals surface area (Å²) in [4.78, 5) is 17.5. The number of Topliss-reactive ketones (excluding diaryl/α,β-unsaturated/α-hetero) is 1. The summed E-state index contributed by atoms with van der Waals surface area (Å²) in [6, 6.07) is 12.3. The lowest BCUT2D eigenvalue weighted by atomic mass is 9.85. The topological polar surface area (TPSA) is 59.8 Å². The Balaban J connectivity index is 1.49. The van der Waals surface area contributed by atoms with E-state index in [1.165, 1.54) is 23.9 Å². The molecule has 158 valence electrons. The fourth-order valence-electron chi connectivity index (χ4n) is 4.04. The van der Waals surface area contributed by atoms with Crippen molar-refractivity contribution in [2.75, 3.05) is 5.32 Å². The van der Waals surface area contributed by atoms with Gasteiger partial charge in [-0.15, -0.1) is 5.10 Å². The van der Waals surface area contributed by atoms with Gasteiger partial charge in [0.15, 0.2) is 5.78 Å². The van der Waals surface area contributed by atoms with E-state index in [0.717, 1.165) is 40.8 Å². The van der Waals surface area contributed by atoms with Crippen molar-refractivity contribution in [1.29, 1.82) is 0 Å². The van der Waals surface area contributed by atoms with E-state index in [0.29, 0.717) is 28.3 Å². The van der Waals surface area contributed by atoms with Gasteiger partial charge in [0.25, 0.3) is 0 Å². The number of fused-ring (bicyclic) bond motifs is 1. The first-order valence-electron chi connectivity index (χ1n) is 10.1. The van der Waals surface area contributed by atoms with Crippen molar-refractivity contribution < 1.29 is 9.18 Å². The van der Waals surface area contributed by atoms with Gasteiger partial charge in [-0.3, -0.25) is 4.79 Å².